The van der Waals surface area contributed by atoms with Crippen molar-refractivity contribution in [2.75, 3.05) is 25.1 Å². The van der Waals surface area contributed by atoms with Gasteiger partial charge in [-0.15, -0.1) is 0 Å². The minimum atomic E-state index is 0.256. The maximum absolute atomic E-state index is 5.82. The van der Waals surface area contributed by atoms with Gasteiger partial charge in [0.2, 0.25) is 0 Å². The zero-order valence-electron chi connectivity index (χ0n) is 16.1. The Morgan fingerprint density at radius 1 is 1.33 bits per heavy atom. The van der Waals surface area contributed by atoms with Crippen molar-refractivity contribution in [3.8, 4) is 17.0 Å². The van der Waals surface area contributed by atoms with E-state index in [-0.39, 0.29) is 6.04 Å². The number of para-hydroxylation sites is 1. The number of anilines is 1. The first kappa shape index (κ1) is 17.8. The van der Waals surface area contributed by atoms with Crippen LogP contribution in [0, 0.1) is 0 Å². The van der Waals surface area contributed by atoms with Gasteiger partial charge in [0.1, 0.15) is 16.8 Å². The van der Waals surface area contributed by atoms with E-state index in [2.05, 4.69) is 36.4 Å². The molecule has 1 atom stereocenters. The molecule has 4 rings (SSSR count). The lowest BCUT2D eigenvalue weighted by Gasteiger charge is -2.18. The first-order valence-electron chi connectivity index (χ1n) is 9.62. The molecule has 0 saturated carbocycles. The van der Waals surface area contributed by atoms with Crippen LogP contribution in [0.1, 0.15) is 33.2 Å². The van der Waals surface area contributed by atoms with Crippen LogP contribution in [-0.2, 0) is 4.74 Å². The Hall–Kier alpha value is -2.60. The molecule has 0 spiro atoms. The van der Waals surface area contributed by atoms with E-state index in [0.29, 0.717) is 12.6 Å². The molecule has 1 fully saturated rings. The Kier molecular flexibility index (Phi) is 4.99. The molecule has 1 aliphatic heterocycles. The topological polar surface area (TPSA) is 61.2 Å². The highest BCUT2D eigenvalue weighted by atomic mass is 16.5. The molecule has 6 nitrogen and oxygen atoms in total. The molecule has 0 unspecified atom stereocenters. The van der Waals surface area contributed by atoms with Gasteiger partial charge in [-0.2, -0.15) is 5.10 Å². The summed E-state index contributed by atoms with van der Waals surface area (Å²) in [6.07, 6.45) is 2.85. The number of benzene rings is 1. The number of hydrogen-bond acceptors (Lipinski definition) is 5. The molecule has 1 aliphatic rings. The molecule has 1 saturated heterocycles. The van der Waals surface area contributed by atoms with Crippen LogP contribution in [0.5, 0.6) is 5.75 Å². The number of nitrogens with zero attached hydrogens (tertiary/aromatic N) is 3. The molecule has 27 heavy (non-hydrogen) atoms. The van der Waals surface area contributed by atoms with Gasteiger partial charge in [-0.1, -0.05) is 12.1 Å². The normalized spacial score (nSPS) is 17.0. The molecule has 0 bridgehead atoms. The number of ether oxygens (including phenoxy) is 2. The van der Waals surface area contributed by atoms with E-state index < -0.39 is 0 Å². The lowest BCUT2D eigenvalue weighted by molar-refractivity contribution is 0.195. The molecule has 2 aromatic heterocycles. The van der Waals surface area contributed by atoms with E-state index in [9.17, 15) is 0 Å². The summed E-state index contributed by atoms with van der Waals surface area (Å²) in [4.78, 5) is 4.89. The molecule has 1 aromatic carbocycles. The van der Waals surface area contributed by atoms with Gasteiger partial charge in [0.25, 0.3) is 0 Å². The molecule has 142 valence electrons. The number of nitrogens with one attached hydrogen (secondary N) is 1. The van der Waals surface area contributed by atoms with E-state index >= 15 is 0 Å². The Balaban J connectivity index is 1.85. The summed E-state index contributed by atoms with van der Waals surface area (Å²) in [5.41, 5.74) is 4.84. The minimum Gasteiger partial charge on any atom is -0.493 e. The number of rotatable bonds is 6. The van der Waals surface area contributed by atoms with Crippen molar-refractivity contribution in [3.05, 3.63) is 36.5 Å². The van der Waals surface area contributed by atoms with Crippen molar-refractivity contribution in [2.24, 2.45) is 0 Å². The fourth-order valence-corrected chi connectivity index (χ4v) is 3.53. The van der Waals surface area contributed by atoms with Gasteiger partial charge in [-0.3, -0.25) is 4.68 Å². The molecule has 0 radical (unpaired) electrons. The molecular formula is C21H26N4O2. The van der Waals surface area contributed by atoms with Gasteiger partial charge in [-0.05, 0) is 45.4 Å². The highest BCUT2D eigenvalue weighted by molar-refractivity contribution is 5.91. The largest absolute Gasteiger partial charge is 0.493 e. The minimum absolute atomic E-state index is 0.256. The Morgan fingerprint density at radius 2 is 2.19 bits per heavy atom. The summed E-state index contributed by atoms with van der Waals surface area (Å²) in [5, 5.41) is 8.24. The molecule has 0 aliphatic carbocycles. The van der Waals surface area contributed by atoms with E-state index in [1.54, 1.807) is 0 Å². The molecule has 3 heterocycles. The van der Waals surface area contributed by atoms with E-state index in [0.717, 1.165) is 53.4 Å². The zero-order chi connectivity index (χ0) is 18.8. The summed E-state index contributed by atoms with van der Waals surface area (Å²) in [5.74, 6) is 0.846. The Morgan fingerprint density at radius 3 is 2.93 bits per heavy atom. The highest BCUT2D eigenvalue weighted by Gasteiger charge is 2.21. The second-order valence-electron chi connectivity index (χ2n) is 7.11. The van der Waals surface area contributed by atoms with Crippen molar-refractivity contribution < 1.29 is 9.47 Å². The van der Waals surface area contributed by atoms with Gasteiger partial charge >= 0.3 is 0 Å². The Bertz CT molecular complexity index is 929. The lowest BCUT2D eigenvalue weighted by Crippen LogP contribution is -2.20. The Labute approximate surface area is 159 Å². The summed E-state index contributed by atoms with van der Waals surface area (Å²) in [6.45, 7) is 8.41. The number of aromatic nitrogens is 3. The highest BCUT2D eigenvalue weighted by Crippen LogP contribution is 2.34. The quantitative estimate of drug-likeness (QED) is 0.706. The fraction of sp³-hybridized carbons (Fsp3) is 0.429. The first-order chi connectivity index (χ1) is 13.2. The third-order valence-electron chi connectivity index (χ3n) is 4.79. The van der Waals surface area contributed by atoms with E-state index in [4.69, 9.17) is 14.5 Å². The maximum atomic E-state index is 5.82. The average molecular weight is 366 g/mol. The maximum Gasteiger partial charge on any atom is 0.128 e. The molecular weight excluding hydrogens is 340 g/mol. The lowest BCUT2D eigenvalue weighted by atomic mass is 10.1. The van der Waals surface area contributed by atoms with Gasteiger partial charge in [-0.25, -0.2) is 4.98 Å². The standard InChI is InChI=1S/C21H26N4O2/c1-4-27-20-8-6-5-7-16(20)17-11-18(23-15-9-10-26-13-15)21-19(24-17)12-22-25(21)14(2)3/h5-8,11-12,14-15H,4,9-10,13H2,1-3H3,(H,23,24)/t15-/m1/s1. The van der Waals surface area contributed by atoms with Crippen LogP contribution in [0.3, 0.4) is 0 Å². The summed E-state index contributed by atoms with van der Waals surface area (Å²) < 4.78 is 13.4. The predicted molar refractivity (Wildman–Crippen MR) is 107 cm³/mol. The van der Waals surface area contributed by atoms with Crippen molar-refractivity contribution in [3.63, 3.8) is 0 Å². The summed E-state index contributed by atoms with van der Waals surface area (Å²) in [7, 11) is 0. The predicted octanol–water partition coefficient (Wildman–Crippen LogP) is 4.28. The molecule has 1 N–H and O–H groups in total. The smallest absolute Gasteiger partial charge is 0.128 e. The van der Waals surface area contributed by atoms with Crippen LogP contribution < -0.4 is 10.1 Å². The van der Waals surface area contributed by atoms with Crippen LogP contribution in [0.4, 0.5) is 5.69 Å². The average Bonchev–Trinajstić information content (AvgIpc) is 3.32. The first-order valence-corrected chi connectivity index (χ1v) is 9.62. The van der Waals surface area contributed by atoms with Gasteiger partial charge in [0, 0.05) is 18.2 Å². The second-order valence-corrected chi connectivity index (χ2v) is 7.11. The van der Waals surface area contributed by atoms with Crippen LogP contribution >= 0.6 is 0 Å². The molecule has 3 aromatic rings. The van der Waals surface area contributed by atoms with E-state index in [1.807, 2.05) is 36.0 Å². The van der Waals surface area contributed by atoms with Gasteiger partial charge < -0.3 is 14.8 Å². The third-order valence-corrected chi connectivity index (χ3v) is 4.79. The van der Waals surface area contributed by atoms with Crippen LogP contribution in [0.15, 0.2) is 36.5 Å². The van der Waals surface area contributed by atoms with Crippen LogP contribution in [-0.4, -0.2) is 40.6 Å². The number of pyridine rings is 1. The number of hydrogen-bond donors (Lipinski definition) is 1. The molecule has 6 heteroatoms. The SMILES string of the molecule is CCOc1ccccc1-c1cc(N[C@@H]2CCOC2)c2c(cnn2C(C)C)n1. The zero-order valence-corrected chi connectivity index (χ0v) is 16.1. The van der Waals surface area contributed by atoms with Crippen LogP contribution in [0.2, 0.25) is 0 Å². The molecule has 0 amide bonds. The fourth-order valence-electron chi connectivity index (χ4n) is 3.53. The summed E-state index contributed by atoms with van der Waals surface area (Å²) in [6, 6.07) is 10.7. The summed E-state index contributed by atoms with van der Waals surface area (Å²) >= 11 is 0. The van der Waals surface area contributed by atoms with Gasteiger partial charge in [0.05, 0.1) is 36.8 Å². The van der Waals surface area contributed by atoms with Crippen molar-refractivity contribution >= 4 is 16.7 Å². The number of fused-ring (bicyclic) bond motifs is 1. The van der Waals surface area contributed by atoms with Crippen molar-refractivity contribution in [1.29, 1.82) is 0 Å². The van der Waals surface area contributed by atoms with E-state index in [1.165, 1.54) is 0 Å². The van der Waals surface area contributed by atoms with Crippen LogP contribution in [0.25, 0.3) is 22.3 Å². The van der Waals surface area contributed by atoms with Gasteiger partial charge in [0.15, 0.2) is 0 Å². The third kappa shape index (κ3) is 3.49. The van der Waals surface area contributed by atoms with Crippen molar-refractivity contribution in [1.82, 2.24) is 14.8 Å². The monoisotopic (exact) mass is 366 g/mol. The van der Waals surface area contributed by atoms with Crippen molar-refractivity contribution in [2.45, 2.75) is 39.3 Å². The second kappa shape index (κ2) is 7.56.